The number of benzene rings is 2. The lowest BCUT2D eigenvalue weighted by Gasteiger charge is -2.22. The molecule has 2 nitrogen and oxygen atoms in total. The Kier molecular flexibility index (Phi) is 6.02. The Morgan fingerprint density at radius 1 is 1.10 bits per heavy atom. The third-order valence-electron chi connectivity index (χ3n) is 5.79. The van der Waals surface area contributed by atoms with Gasteiger partial charge in [0.05, 0.1) is 11.1 Å². The summed E-state index contributed by atoms with van der Waals surface area (Å²) >= 11 is 1.93. The number of fused-ring (bicyclic) bond motifs is 1. The number of allylic oxidation sites excluding steroid dienone is 1. The molecule has 1 aromatic heterocycles. The SMILES string of the molecule is Cc1cc(NC(C)c2cccc(C(F)(F)F)c2C)c2cc(C3=CCSCC3)ccc2n1. The van der Waals surface area contributed by atoms with E-state index in [0.717, 1.165) is 46.3 Å². The van der Waals surface area contributed by atoms with Gasteiger partial charge in [-0.05, 0) is 79.5 Å². The van der Waals surface area contributed by atoms with Crippen LogP contribution in [0.15, 0.2) is 48.5 Å². The van der Waals surface area contributed by atoms with E-state index in [-0.39, 0.29) is 11.6 Å². The summed E-state index contributed by atoms with van der Waals surface area (Å²) in [4.78, 5) is 4.65. The predicted molar refractivity (Wildman–Crippen MR) is 125 cm³/mol. The van der Waals surface area contributed by atoms with E-state index in [1.54, 1.807) is 6.07 Å². The molecule has 1 atom stereocenters. The van der Waals surface area contributed by atoms with E-state index in [4.69, 9.17) is 0 Å². The van der Waals surface area contributed by atoms with Crippen molar-refractivity contribution >= 4 is 33.9 Å². The number of aryl methyl sites for hydroxylation is 1. The van der Waals surface area contributed by atoms with Crippen molar-refractivity contribution in [2.45, 2.75) is 39.4 Å². The molecule has 162 valence electrons. The van der Waals surface area contributed by atoms with Gasteiger partial charge >= 0.3 is 6.18 Å². The first-order chi connectivity index (χ1) is 14.7. The lowest BCUT2D eigenvalue weighted by atomic mass is 9.96. The molecule has 0 bridgehead atoms. The summed E-state index contributed by atoms with van der Waals surface area (Å²) in [7, 11) is 0. The third-order valence-corrected chi connectivity index (χ3v) is 6.69. The van der Waals surface area contributed by atoms with E-state index in [9.17, 15) is 13.2 Å². The number of halogens is 3. The molecule has 6 heteroatoms. The highest BCUT2D eigenvalue weighted by molar-refractivity contribution is 7.99. The van der Waals surface area contributed by atoms with Gasteiger partial charge in [-0.2, -0.15) is 24.9 Å². The van der Waals surface area contributed by atoms with Crippen molar-refractivity contribution < 1.29 is 13.2 Å². The van der Waals surface area contributed by atoms with E-state index in [1.807, 2.05) is 37.7 Å². The number of hydrogen-bond acceptors (Lipinski definition) is 3. The Hall–Kier alpha value is -2.47. The smallest absolute Gasteiger partial charge is 0.378 e. The zero-order valence-electron chi connectivity index (χ0n) is 17.8. The molecule has 3 aromatic rings. The molecule has 0 fully saturated rings. The minimum Gasteiger partial charge on any atom is -0.378 e. The lowest BCUT2D eigenvalue weighted by Crippen LogP contribution is -2.14. The summed E-state index contributed by atoms with van der Waals surface area (Å²) in [6, 6.07) is 12.3. The Bertz CT molecular complexity index is 1150. The van der Waals surface area contributed by atoms with Gasteiger partial charge in [-0.15, -0.1) is 0 Å². The number of aromatic nitrogens is 1. The number of alkyl halides is 3. The fourth-order valence-electron chi connectivity index (χ4n) is 4.21. The second kappa shape index (κ2) is 8.58. The quantitative estimate of drug-likeness (QED) is 0.451. The molecule has 0 spiro atoms. The van der Waals surface area contributed by atoms with Crippen LogP contribution in [0.1, 0.15) is 47.3 Å². The van der Waals surface area contributed by atoms with Crippen LogP contribution in [0.4, 0.5) is 18.9 Å². The van der Waals surface area contributed by atoms with Crippen molar-refractivity contribution in [2.75, 3.05) is 16.8 Å². The summed E-state index contributed by atoms with van der Waals surface area (Å²) in [5, 5.41) is 4.45. The Labute approximate surface area is 185 Å². The Balaban J connectivity index is 1.73. The van der Waals surface area contributed by atoms with Crippen LogP contribution in [-0.2, 0) is 6.18 Å². The second-order valence-electron chi connectivity index (χ2n) is 7.98. The van der Waals surface area contributed by atoms with Gasteiger partial charge in [-0.3, -0.25) is 4.98 Å². The first-order valence-corrected chi connectivity index (χ1v) is 11.5. The minimum absolute atomic E-state index is 0.260. The number of pyridine rings is 1. The summed E-state index contributed by atoms with van der Waals surface area (Å²) in [5.74, 6) is 2.14. The van der Waals surface area contributed by atoms with Crippen molar-refractivity contribution in [3.63, 3.8) is 0 Å². The molecule has 0 amide bonds. The number of nitrogens with zero attached hydrogens (tertiary/aromatic N) is 1. The fraction of sp³-hybridized carbons (Fsp3) is 0.320. The van der Waals surface area contributed by atoms with Gasteiger partial charge in [0.1, 0.15) is 0 Å². The molecular formula is C25H25F3N2S. The summed E-state index contributed by atoms with van der Waals surface area (Å²) in [5.41, 5.74) is 5.47. The molecule has 1 aliphatic heterocycles. The molecule has 1 unspecified atom stereocenters. The Morgan fingerprint density at radius 2 is 1.90 bits per heavy atom. The van der Waals surface area contributed by atoms with E-state index in [2.05, 4.69) is 28.5 Å². The highest BCUT2D eigenvalue weighted by Gasteiger charge is 2.33. The van der Waals surface area contributed by atoms with E-state index >= 15 is 0 Å². The summed E-state index contributed by atoms with van der Waals surface area (Å²) < 4.78 is 40.1. The van der Waals surface area contributed by atoms with Crippen molar-refractivity contribution in [1.29, 1.82) is 0 Å². The van der Waals surface area contributed by atoms with Gasteiger partial charge in [0.25, 0.3) is 0 Å². The van der Waals surface area contributed by atoms with Crippen LogP contribution in [0.25, 0.3) is 16.5 Å². The predicted octanol–water partition coefficient (Wildman–Crippen LogP) is 7.56. The number of rotatable bonds is 4. The third kappa shape index (κ3) is 4.59. The van der Waals surface area contributed by atoms with E-state index in [0.29, 0.717) is 5.56 Å². The molecule has 4 rings (SSSR count). The van der Waals surface area contributed by atoms with Crippen molar-refractivity contribution in [2.24, 2.45) is 0 Å². The number of thioether (sulfide) groups is 1. The maximum Gasteiger partial charge on any atom is 0.416 e. The van der Waals surface area contributed by atoms with Crippen LogP contribution in [0.2, 0.25) is 0 Å². The second-order valence-corrected chi connectivity index (χ2v) is 9.13. The molecule has 0 radical (unpaired) electrons. The average molecular weight is 443 g/mol. The average Bonchev–Trinajstić information content (AvgIpc) is 2.73. The van der Waals surface area contributed by atoms with E-state index in [1.165, 1.54) is 24.1 Å². The molecular weight excluding hydrogens is 417 g/mol. The summed E-state index contributed by atoms with van der Waals surface area (Å²) in [6.07, 6.45) is -1.04. The first kappa shape index (κ1) is 21.8. The van der Waals surface area contributed by atoms with Crippen LogP contribution in [-0.4, -0.2) is 16.5 Å². The molecule has 31 heavy (non-hydrogen) atoms. The van der Waals surface area contributed by atoms with Crippen LogP contribution < -0.4 is 5.32 Å². The van der Waals surface area contributed by atoms with Crippen molar-refractivity contribution in [3.05, 3.63) is 76.5 Å². The largest absolute Gasteiger partial charge is 0.416 e. The normalized spacial score (nSPS) is 15.6. The van der Waals surface area contributed by atoms with Gasteiger partial charge in [0.2, 0.25) is 0 Å². The minimum atomic E-state index is -4.36. The highest BCUT2D eigenvalue weighted by atomic mass is 32.2. The van der Waals surface area contributed by atoms with Crippen molar-refractivity contribution in [1.82, 2.24) is 4.98 Å². The van der Waals surface area contributed by atoms with Crippen LogP contribution in [0.3, 0.4) is 0 Å². The zero-order valence-corrected chi connectivity index (χ0v) is 18.6. The highest BCUT2D eigenvalue weighted by Crippen LogP contribution is 2.36. The molecule has 1 N–H and O–H groups in total. The summed E-state index contributed by atoms with van der Waals surface area (Å²) in [6.45, 7) is 5.37. The van der Waals surface area contributed by atoms with Gasteiger partial charge in [-0.25, -0.2) is 0 Å². The van der Waals surface area contributed by atoms with Gasteiger partial charge in [-0.1, -0.05) is 24.3 Å². The lowest BCUT2D eigenvalue weighted by molar-refractivity contribution is -0.138. The molecule has 0 saturated carbocycles. The zero-order chi connectivity index (χ0) is 22.2. The number of nitrogens with one attached hydrogen (secondary N) is 1. The van der Waals surface area contributed by atoms with Gasteiger partial charge in [0.15, 0.2) is 0 Å². The molecule has 2 heterocycles. The van der Waals surface area contributed by atoms with Crippen LogP contribution in [0.5, 0.6) is 0 Å². The van der Waals surface area contributed by atoms with Gasteiger partial charge in [0, 0.05) is 28.6 Å². The standard InChI is InChI=1S/C25H25F3N2S/c1-15-13-24(30-17(3)20-5-4-6-22(16(20)2)25(26,27)28)21-14-19(7-8-23(21)29-15)18-9-11-31-12-10-18/h4-9,13-14,17H,10-12H2,1-3H3,(H,29,30). The fourth-order valence-corrected chi connectivity index (χ4v) is 5.06. The molecule has 0 saturated heterocycles. The monoisotopic (exact) mass is 442 g/mol. The van der Waals surface area contributed by atoms with Crippen molar-refractivity contribution in [3.8, 4) is 0 Å². The molecule has 1 aliphatic rings. The Morgan fingerprint density at radius 3 is 2.61 bits per heavy atom. The maximum atomic E-state index is 13.4. The first-order valence-electron chi connectivity index (χ1n) is 10.4. The number of hydrogen-bond donors (Lipinski definition) is 1. The number of anilines is 1. The maximum absolute atomic E-state index is 13.4. The molecule has 2 aromatic carbocycles. The van der Waals surface area contributed by atoms with Gasteiger partial charge < -0.3 is 5.32 Å². The molecule has 0 aliphatic carbocycles. The van der Waals surface area contributed by atoms with E-state index < -0.39 is 11.7 Å². The van der Waals surface area contributed by atoms with Crippen LogP contribution >= 0.6 is 11.8 Å². The van der Waals surface area contributed by atoms with Crippen LogP contribution in [0, 0.1) is 13.8 Å². The topological polar surface area (TPSA) is 24.9 Å².